The Bertz CT molecular complexity index is 897. The molecule has 0 atom stereocenters. The zero-order valence-corrected chi connectivity index (χ0v) is 15.9. The van der Waals surface area contributed by atoms with Gasteiger partial charge in [0.1, 0.15) is 18.1 Å². The number of ether oxygens (including phenoxy) is 2. The standard InChI is InChI=1S/C23H24N2O3/c1-2-27-22-14-7-6-13-21(22)25-23(26)16-24-19-11-8-12-20(15-19)28-17-18-9-4-3-5-10-18/h3-15,24H,2,16-17H2,1H3,(H,25,26). The van der Waals surface area contributed by atoms with Gasteiger partial charge in [-0.2, -0.15) is 0 Å². The topological polar surface area (TPSA) is 59.6 Å². The quantitative estimate of drug-likeness (QED) is 0.568. The summed E-state index contributed by atoms with van der Waals surface area (Å²) in [7, 11) is 0. The third kappa shape index (κ3) is 5.77. The van der Waals surface area contributed by atoms with E-state index >= 15 is 0 Å². The maximum atomic E-state index is 12.3. The lowest BCUT2D eigenvalue weighted by molar-refractivity contribution is -0.114. The summed E-state index contributed by atoms with van der Waals surface area (Å²) < 4.78 is 11.3. The molecule has 144 valence electrons. The van der Waals surface area contributed by atoms with E-state index in [4.69, 9.17) is 9.47 Å². The third-order valence-electron chi connectivity index (χ3n) is 4.00. The lowest BCUT2D eigenvalue weighted by atomic mass is 10.2. The van der Waals surface area contributed by atoms with Gasteiger partial charge in [0.25, 0.3) is 0 Å². The van der Waals surface area contributed by atoms with Gasteiger partial charge in [-0.25, -0.2) is 0 Å². The molecule has 0 heterocycles. The van der Waals surface area contributed by atoms with Crippen LogP contribution in [0, 0.1) is 0 Å². The van der Waals surface area contributed by atoms with E-state index in [-0.39, 0.29) is 12.5 Å². The summed E-state index contributed by atoms with van der Waals surface area (Å²) in [4.78, 5) is 12.3. The van der Waals surface area contributed by atoms with Gasteiger partial charge >= 0.3 is 0 Å². The highest BCUT2D eigenvalue weighted by molar-refractivity contribution is 5.95. The van der Waals surface area contributed by atoms with E-state index in [1.54, 1.807) is 0 Å². The fourth-order valence-corrected chi connectivity index (χ4v) is 2.66. The van der Waals surface area contributed by atoms with Crippen molar-refractivity contribution in [3.63, 3.8) is 0 Å². The molecule has 0 aliphatic heterocycles. The van der Waals surface area contributed by atoms with Crippen LogP contribution in [0.1, 0.15) is 12.5 Å². The van der Waals surface area contributed by atoms with Crippen molar-refractivity contribution >= 4 is 17.3 Å². The fourth-order valence-electron chi connectivity index (χ4n) is 2.66. The maximum Gasteiger partial charge on any atom is 0.243 e. The van der Waals surface area contributed by atoms with Crippen LogP contribution in [-0.2, 0) is 11.4 Å². The van der Waals surface area contributed by atoms with Crippen molar-refractivity contribution in [2.75, 3.05) is 23.8 Å². The van der Waals surface area contributed by atoms with Gasteiger partial charge in [-0.15, -0.1) is 0 Å². The summed E-state index contributed by atoms with van der Waals surface area (Å²) in [6.07, 6.45) is 0. The Morgan fingerprint density at radius 3 is 2.50 bits per heavy atom. The Morgan fingerprint density at radius 2 is 1.68 bits per heavy atom. The molecule has 0 radical (unpaired) electrons. The zero-order chi connectivity index (χ0) is 19.6. The van der Waals surface area contributed by atoms with E-state index in [0.717, 1.165) is 17.0 Å². The molecule has 28 heavy (non-hydrogen) atoms. The molecule has 2 N–H and O–H groups in total. The van der Waals surface area contributed by atoms with Crippen molar-refractivity contribution in [1.82, 2.24) is 0 Å². The minimum Gasteiger partial charge on any atom is -0.492 e. The number of hydrogen-bond acceptors (Lipinski definition) is 4. The van der Waals surface area contributed by atoms with Crippen LogP contribution in [-0.4, -0.2) is 19.1 Å². The fraction of sp³-hybridized carbons (Fsp3) is 0.174. The largest absolute Gasteiger partial charge is 0.492 e. The molecule has 0 saturated carbocycles. The highest BCUT2D eigenvalue weighted by atomic mass is 16.5. The number of benzene rings is 3. The predicted octanol–water partition coefficient (Wildman–Crippen LogP) is 4.71. The van der Waals surface area contributed by atoms with E-state index in [2.05, 4.69) is 10.6 Å². The first kappa shape index (κ1) is 19.3. The van der Waals surface area contributed by atoms with Crippen LogP contribution in [0.15, 0.2) is 78.9 Å². The number of hydrogen-bond donors (Lipinski definition) is 2. The molecule has 0 bridgehead atoms. The lowest BCUT2D eigenvalue weighted by Gasteiger charge is -2.12. The number of carbonyl (C=O) groups is 1. The first-order chi connectivity index (χ1) is 13.7. The number of carbonyl (C=O) groups excluding carboxylic acids is 1. The monoisotopic (exact) mass is 376 g/mol. The molecule has 0 aliphatic rings. The molecule has 0 saturated heterocycles. The minimum atomic E-state index is -0.150. The van der Waals surface area contributed by atoms with Crippen LogP contribution in [0.5, 0.6) is 11.5 Å². The average molecular weight is 376 g/mol. The van der Waals surface area contributed by atoms with Gasteiger partial charge in [0.05, 0.1) is 18.8 Å². The third-order valence-corrected chi connectivity index (χ3v) is 4.00. The van der Waals surface area contributed by atoms with Crippen LogP contribution in [0.2, 0.25) is 0 Å². The van der Waals surface area contributed by atoms with Gasteiger partial charge in [0.2, 0.25) is 5.91 Å². The SMILES string of the molecule is CCOc1ccccc1NC(=O)CNc1cccc(OCc2ccccc2)c1. The predicted molar refractivity (Wildman–Crippen MR) is 112 cm³/mol. The minimum absolute atomic E-state index is 0.141. The number of amides is 1. The maximum absolute atomic E-state index is 12.3. The molecular weight excluding hydrogens is 352 g/mol. The van der Waals surface area contributed by atoms with Gasteiger partial charge in [-0.05, 0) is 36.8 Å². The van der Waals surface area contributed by atoms with Crippen LogP contribution in [0.4, 0.5) is 11.4 Å². The Labute approximate surface area is 165 Å². The van der Waals surface area contributed by atoms with Gasteiger partial charge in [-0.1, -0.05) is 48.5 Å². The van der Waals surface area contributed by atoms with E-state index in [1.807, 2.05) is 85.8 Å². The summed E-state index contributed by atoms with van der Waals surface area (Å²) in [6, 6.07) is 24.9. The summed E-state index contributed by atoms with van der Waals surface area (Å²) in [5.74, 6) is 1.26. The highest BCUT2D eigenvalue weighted by Gasteiger charge is 2.07. The number of para-hydroxylation sites is 2. The number of anilines is 2. The molecule has 0 aromatic heterocycles. The van der Waals surface area contributed by atoms with Gasteiger partial charge in [-0.3, -0.25) is 4.79 Å². The first-order valence-electron chi connectivity index (χ1n) is 9.27. The number of rotatable bonds is 9. The second-order valence-corrected chi connectivity index (χ2v) is 6.13. The molecule has 0 spiro atoms. The molecule has 3 aromatic carbocycles. The van der Waals surface area contributed by atoms with Crippen LogP contribution >= 0.6 is 0 Å². The van der Waals surface area contributed by atoms with Gasteiger partial charge in [0, 0.05) is 11.8 Å². The Balaban J connectivity index is 1.52. The van der Waals surface area contributed by atoms with E-state index < -0.39 is 0 Å². The lowest BCUT2D eigenvalue weighted by Crippen LogP contribution is -2.22. The molecule has 1 amide bonds. The zero-order valence-electron chi connectivity index (χ0n) is 15.9. The highest BCUT2D eigenvalue weighted by Crippen LogP contribution is 2.23. The average Bonchev–Trinajstić information content (AvgIpc) is 2.73. The molecule has 5 nitrogen and oxygen atoms in total. The Hall–Kier alpha value is -3.47. The van der Waals surface area contributed by atoms with Crippen LogP contribution < -0.4 is 20.1 Å². The molecule has 5 heteroatoms. The number of nitrogens with one attached hydrogen (secondary N) is 2. The van der Waals surface area contributed by atoms with Crippen LogP contribution in [0.25, 0.3) is 0 Å². The molecule has 0 unspecified atom stereocenters. The normalized spacial score (nSPS) is 10.2. The molecule has 0 aliphatic carbocycles. The van der Waals surface area contributed by atoms with E-state index in [0.29, 0.717) is 24.7 Å². The smallest absolute Gasteiger partial charge is 0.243 e. The summed E-state index contributed by atoms with van der Waals surface area (Å²) in [5, 5.41) is 5.99. The summed E-state index contributed by atoms with van der Waals surface area (Å²) in [5.41, 5.74) is 2.59. The Morgan fingerprint density at radius 1 is 0.893 bits per heavy atom. The summed E-state index contributed by atoms with van der Waals surface area (Å²) in [6.45, 7) is 3.09. The van der Waals surface area contributed by atoms with Crippen molar-refractivity contribution in [1.29, 1.82) is 0 Å². The molecular formula is C23H24N2O3. The molecule has 3 rings (SSSR count). The summed E-state index contributed by atoms with van der Waals surface area (Å²) >= 11 is 0. The van der Waals surface area contributed by atoms with Crippen molar-refractivity contribution < 1.29 is 14.3 Å². The van der Waals surface area contributed by atoms with Crippen molar-refractivity contribution in [2.24, 2.45) is 0 Å². The Kier molecular flexibility index (Phi) is 6.90. The second-order valence-electron chi connectivity index (χ2n) is 6.13. The van der Waals surface area contributed by atoms with Crippen molar-refractivity contribution in [3.8, 4) is 11.5 Å². The first-order valence-corrected chi connectivity index (χ1v) is 9.27. The van der Waals surface area contributed by atoms with Gasteiger partial charge < -0.3 is 20.1 Å². The van der Waals surface area contributed by atoms with E-state index in [9.17, 15) is 4.79 Å². The molecule has 0 fully saturated rings. The van der Waals surface area contributed by atoms with E-state index in [1.165, 1.54) is 0 Å². The van der Waals surface area contributed by atoms with Crippen molar-refractivity contribution in [3.05, 3.63) is 84.4 Å². The van der Waals surface area contributed by atoms with Gasteiger partial charge in [0.15, 0.2) is 0 Å². The molecule has 3 aromatic rings. The van der Waals surface area contributed by atoms with Crippen LogP contribution in [0.3, 0.4) is 0 Å². The van der Waals surface area contributed by atoms with Crippen molar-refractivity contribution in [2.45, 2.75) is 13.5 Å². The second kappa shape index (κ2) is 10.0.